The van der Waals surface area contributed by atoms with E-state index in [0.29, 0.717) is 19.5 Å². The summed E-state index contributed by atoms with van der Waals surface area (Å²) in [7, 11) is 1.49. The first-order chi connectivity index (χ1) is 9.43. The molecule has 8 heteroatoms. The van der Waals surface area contributed by atoms with Crippen LogP contribution >= 0.6 is 0 Å². The number of likely N-dealkylation sites (tertiary alicyclic amines) is 1. The largest absolute Gasteiger partial charge is 0.480 e. The highest BCUT2D eigenvalue weighted by Crippen LogP contribution is 2.12. The molecule has 0 aromatic carbocycles. The zero-order chi connectivity index (χ0) is 15.1. The van der Waals surface area contributed by atoms with Crippen molar-refractivity contribution in [2.24, 2.45) is 0 Å². The molecule has 0 aromatic rings. The number of carboxylic acid groups (broad SMARTS) is 1. The number of nitrogens with zero attached hydrogens (tertiary/aromatic N) is 2. The molecule has 0 spiro atoms. The number of ether oxygens (including phenoxy) is 1. The smallest absolute Gasteiger partial charge is 0.323 e. The summed E-state index contributed by atoms with van der Waals surface area (Å²) in [4.78, 5) is 36.8. The van der Waals surface area contributed by atoms with E-state index in [2.05, 4.69) is 5.32 Å². The molecule has 0 bridgehead atoms. The van der Waals surface area contributed by atoms with Gasteiger partial charge in [0, 0.05) is 39.7 Å². The Balaban J connectivity index is 2.56. The van der Waals surface area contributed by atoms with Gasteiger partial charge in [0.2, 0.25) is 5.91 Å². The van der Waals surface area contributed by atoms with E-state index >= 15 is 0 Å². The molecule has 0 radical (unpaired) electrons. The molecule has 1 atom stereocenters. The first-order valence-electron chi connectivity index (χ1n) is 6.45. The summed E-state index contributed by atoms with van der Waals surface area (Å²) in [6, 6.07) is -0.400. The Bertz CT molecular complexity index is 374. The molecule has 1 aliphatic heterocycles. The van der Waals surface area contributed by atoms with E-state index < -0.39 is 5.97 Å². The lowest BCUT2D eigenvalue weighted by molar-refractivity contribution is -0.137. The number of urea groups is 1. The van der Waals surface area contributed by atoms with E-state index in [-0.39, 0.29) is 37.7 Å². The summed E-state index contributed by atoms with van der Waals surface area (Å²) in [5, 5.41) is 11.6. The Kier molecular flexibility index (Phi) is 6.23. The first kappa shape index (κ1) is 16.2. The van der Waals surface area contributed by atoms with Crippen LogP contribution in [0.1, 0.15) is 13.3 Å². The van der Waals surface area contributed by atoms with Gasteiger partial charge in [-0.3, -0.25) is 9.59 Å². The van der Waals surface area contributed by atoms with Crippen molar-refractivity contribution in [2.45, 2.75) is 19.4 Å². The third kappa shape index (κ3) is 5.04. The van der Waals surface area contributed by atoms with Gasteiger partial charge in [-0.05, 0) is 6.42 Å². The summed E-state index contributed by atoms with van der Waals surface area (Å²) in [6.45, 7) is 2.49. The molecule has 1 fully saturated rings. The SMILES string of the molecule is COCCN(CC(=O)O)C(=O)N1CCC(NC(C)=O)C1. The lowest BCUT2D eigenvalue weighted by atomic mass is 10.3. The maximum Gasteiger partial charge on any atom is 0.323 e. The minimum absolute atomic E-state index is 0.0643. The first-order valence-corrected chi connectivity index (χ1v) is 6.45. The molecule has 114 valence electrons. The van der Waals surface area contributed by atoms with Crippen molar-refractivity contribution in [2.75, 3.05) is 39.9 Å². The summed E-state index contributed by atoms with van der Waals surface area (Å²) in [5.74, 6) is -1.20. The van der Waals surface area contributed by atoms with Gasteiger partial charge in [0.15, 0.2) is 0 Å². The zero-order valence-electron chi connectivity index (χ0n) is 11.8. The van der Waals surface area contributed by atoms with Gasteiger partial charge in [0.1, 0.15) is 6.54 Å². The predicted octanol–water partition coefficient (Wildman–Crippen LogP) is -0.650. The highest BCUT2D eigenvalue weighted by atomic mass is 16.5. The number of methoxy groups -OCH3 is 1. The van der Waals surface area contributed by atoms with E-state index in [1.54, 1.807) is 4.90 Å². The van der Waals surface area contributed by atoms with Gasteiger partial charge in [0.05, 0.1) is 6.61 Å². The molecule has 1 saturated heterocycles. The maximum absolute atomic E-state index is 12.2. The second-order valence-corrected chi connectivity index (χ2v) is 4.72. The van der Waals surface area contributed by atoms with E-state index in [9.17, 15) is 14.4 Å². The van der Waals surface area contributed by atoms with Gasteiger partial charge < -0.3 is 25.0 Å². The fourth-order valence-corrected chi connectivity index (χ4v) is 2.15. The summed E-state index contributed by atoms with van der Waals surface area (Å²) >= 11 is 0. The molecule has 1 rings (SSSR count). The lowest BCUT2D eigenvalue weighted by Gasteiger charge is -2.26. The van der Waals surface area contributed by atoms with Crippen molar-refractivity contribution in [1.82, 2.24) is 15.1 Å². The Morgan fingerprint density at radius 3 is 2.70 bits per heavy atom. The summed E-state index contributed by atoms with van der Waals surface area (Å²) < 4.78 is 4.88. The highest BCUT2D eigenvalue weighted by molar-refractivity contribution is 5.80. The third-order valence-electron chi connectivity index (χ3n) is 3.03. The second-order valence-electron chi connectivity index (χ2n) is 4.72. The van der Waals surface area contributed by atoms with Crippen LogP contribution in [0.4, 0.5) is 4.79 Å². The minimum Gasteiger partial charge on any atom is -0.480 e. The maximum atomic E-state index is 12.2. The van der Waals surface area contributed by atoms with E-state index in [1.807, 2.05) is 0 Å². The predicted molar refractivity (Wildman–Crippen MR) is 70.3 cm³/mol. The average molecular weight is 287 g/mol. The Hall–Kier alpha value is -1.83. The average Bonchev–Trinajstić information content (AvgIpc) is 2.80. The molecule has 0 aromatic heterocycles. The van der Waals surface area contributed by atoms with Crippen LogP contribution in [0, 0.1) is 0 Å². The number of rotatable bonds is 6. The molecule has 0 saturated carbocycles. The quantitative estimate of drug-likeness (QED) is 0.676. The van der Waals surface area contributed by atoms with Crippen LogP contribution in [-0.4, -0.2) is 78.8 Å². The molecule has 8 nitrogen and oxygen atoms in total. The standard InChI is InChI=1S/C12H21N3O5/c1-9(16)13-10-3-4-14(7-10)12(19)15(5-6-20-2)8-11(17)18/h10H,3-8H2,1-2H3,(H,13,16)(H,17,18). The van der Waals surface area contributed by atoms with Crippen molar-refractivity contribution in [3.63, 3.8) is 0 Å². The van der Waals surface area contributed by atoms with Crippen molar-refractivity contribution in [1.29, 1.82) is 0 Å². The monoisotopic (exact) mass is 287 g/mol. The van der Waals surface area contributed by atoms with Crippen molar-refractivity contribution < 1.29 is 24.2 Å². The molecular weight excluding hydrogens is 266 g/mol. The van der Waals surface area contributed by atoms with Crippen LogP contribution in [0.2, 0.25) is 0 Å². The number of amides is 3. The lowest BCUT2D eigenvalue weighted by Crippen LogP contribution is -2.47. The van der Waals surface area contributed by atoms with Gasteiger partial charge in [0.25, 0.3) is 0 Å². The number of hydrogen-bond acceptors (Lipinski definition) is 4. The highest BCUT2D eigenvalue weighted by Gasteiger charge is 2.30. The Labute approximate surface area is 117 Å². The molecule has 1 unspecified atom stereocenters. The van der Waals surface area contributed by atoms with Crippen molar-refractivity contribution in [3.8, 4) is 0 Å². The minimum atomic E-state index is -1.06. The van der Waals surface area contributed by atoms with Gasteiger partial charge in [-0.1, -0.05) is 0 Å². The van der Waals surface area contributed by atoms with E-state index in [0.717, 1.165) is 0 Å². The number of hydrogen-bond donors (Lipinski definition) is 2. The fourth-order valence-electron chi connectivity index (χ4n) is 2.15. The zero-order valence-corrected chi connectivity index (χ0v) is 11.8. The number of aliphatic carboxylic acids is 1. The van der Waals surface area contributed by atoms with Gasteiger partial charge in [-0.15, -0.1) is 0 Å². The molecular formula is C12H21N3O5. The topological polar surface area (TPSA) is 99.2 Å². The number of carboxylic acids is 1. The van der Waals surface area contributed by atoms with Gasteiger partial charge >= 0.3 is 12.0 Å². The normalized spacial score (nSPS) is 17.9. The summed E-state index contributed by atoms with van der Waals surface area (Å²) in [5.41, 5.74) is 0. The van der Waals surface area contributed by atoms with Gasteiger partial charge in [-0.25, -0.2) is 4.79 Å². The second kappa shape index (κ2) is 7.68. The van der Waals surface area contributed by atoms with Crippen LogP contribution in [-0.2, 0) is 14.3 Å². The molecule has 1 heterocycles. The van der Waals surface area contributed by atoms with Crippen LogP contribution in [0.5, 0.6) is 0 Å². The molecule has 1 aliphatic rings. The Morgan fingerprint density at radius 1 is 1.45 bits per heavy atom. The molecule has 2 N–H and O–H groups in total. The molecule has 20 heavy (non-hydrogen) atoms. The van der Waals surface area contributed by atoms with Crippen LogP contribution in [0.15, 0.2) is 0 Å². The fraction of sp³-hybridized carbons (Fsp3) is 0.750. The van der Waals surface area contributed by atoms with Crippen LogP contribution in [0.25, 0.3) is 0 Å². The van der Waals surface area contributed by atoms with Gasteiger partial charge in [-0.2, -0.15) is 0 Å². The Morgan fingerprint density at radius 2 is 2.15 bits per heavy atom. The summed E-state index contributed by atoms with van der Waals surface area (Å²) in [6.07, 6.45) is 0.677. The van der Waals surface area contributed by atoms with Crippen LogP contribution in [0.3, 0.4) is 0 Å². The van der Waals surface area contributed by atoms with Crippen LogP contribution < -0.4 is 5.32 Å². The number of nitrogens with one attached hydrogen (secondary N) is 1. The molecule has 3 amide bonds. The van der Waals surface area contributed by atoms with Crippen molar-refractivity contribution in [3.05, 3.63) is 0 Å². The number of carbonyl (C=O) groups excluding carboxylic acids is 2. The van der Waals surface area contributed by atoms with E-state index in [4.69, 9.17) is 9.84 Å². The number of carbonyl (C=O) groups is 3. The van der Waals surface area contributed by atoms with Crippen molar-refractivity contribution >= 4 is 17.9 Å². The van der Waals surface area contributed by atoms with E-state index in [1.165, 1.54) is 18.9 Å². The third-order valence-corrected chi connectivity index (χ3v) is 3.03. The molecule has 0 aliphatic carbocycles.